The molecule has 3 aromatic carbocycles. The Morgan fingerprint density at radius 3 is 2.61 bits per heavy atom. The van der Waals surface area contributed by atoms with E-state index < -0.39 is 0 Å². The Labute approximate surface area is 249 Å². The van der Waals surface area contributed by atoms with Crippen molar-refractivity contribution in [2.24, 2.45) is 11.8 Å². The average molecular weight is 590 g/mol. The molecular formula is C33H31Cl2FN4O. The standard InChI is InChI=1S/C33H31Cl2FN4O/c1-20-27-19-38-40(26-12-10-25(36)11-13-26)31(27)17-24-9-8-23(32(20)24)16-30(22-5-3-2-4-6-22)39-33(41)37-18-21-7-14-28(34)29(35)15-21/h2-7,10-15,17,19-20,23,30,38H,8-9,16,18H2,1H3,(H2,37,39,41)/t20-,23+,30?/m0/s1. The van der Waals surface area contributed by atoms with Crippen LogP contribution >= 0.6 is 23.2 Å². The largest absolute Gasteiger partial charge is 0.334 e. The number of nitrogens with one attached hydrogen (secondary N) is 3. The molecule has 1 heterocycles. The summed E-state index contributed by atoms with van der Waals surface area (Å²) in [5.41, 5.74) is 11.4. The molecule has 210 valence electrons. The molecule has 0 radical (unpaired) electrons. The van der Waals surface area contributed by atoms with Crippen LogP contribution < -0.4 is 21.1 Å². The summed E-state index contributed by atoms with van der Waals surface area (Å²) in [4.78, 5) is 13.1. The molecule has 3 N–H and O–H groups in total. The van der Waals surface area contributed by atoms with Crippen molar-refractivity contribution < 1.29 is 9.18 Å². The Morgan fingerprint density at radius 1 is 1.07 bits per heavy atom. The van der Waals surface area contributed by atoms with E-state index in [1.165, 1.54) is 28.9 Å². The highest BCUT2D eigenvalue weighted by Gasteiger charge is 2.39. The van der Waals surface area contributed by atoms with Crippen LogP contribution in [0.5, 0.6) is 0 Å². The van der Waals surface area contributed by atoms with Crippen molar-refractivity contribution in [2.75, 3.05) is 5.01 Å². The molecule has 41 heavy (non-hydrogen) atoms. The van der Waals surface area contributed by atoms with Gasteiger partial charge < -0.3 is 16.1 Å². The van der Waals surface area contributed by atoms with Crippen LogP contribution in [0.4, 0.5) is 14.9 Å². The van der Waals surface area contributed by atoms with Crippen molar-refractivity contribution in [1.82, 2.24) is 16.1 Å². The number of urea groups is 1. The predicted molar refractivity (Wildman–Crippen MR) is 163 cm³/mol. The van der Waals surface area contributed by atoms with Crippen molar-refractivity contribution >= 4 is 34.9 Å². The van der Waals surface area contributed by atoms with Gasteiger partial charge in [-0.05, 0) is 84.4 Å². The Balaban J connectivity index is 1.19. The van der Waals surface area contributed by atoms with Crippen LogP contribution in [0.3, 0.4) is 0 Å². The van der Waals surface area contributed by atoms with Crippen molar-refractivity contribution in [2.45, 2.75) is 38.8 Å². The lowest BCUT2D eigenvalue weighted by atomic mass is 9.78. The Kier molecular flexibility index (Phi) is 7.78. The number of nitrogens with zero attached hydrogens (tertiary/aromatic N) is 1. The predicted octanol–water partition coefficient (Wildman–Crippen LogP) is 8.21. The number of hydrogen-bond donors (Lipinski definition) is 3. The van der Waals surface area contributed by atoms with Crippen molar-refractivity contribution in [3.8, 4) is 0 Å². The van der Waals surface area contributed by atoms with E-state index in [1.807, 2.05) is 29.3 Å². The van der Waals surface area contributed by atoms with Crippen LogP contribution in [-0.2, 0) is 6.54 Å². The third kappa shape index (κ3) is 5.72. The first kappa shape index (κ1) is 27.4. The van der Waals surface area contributed by atoms with Crippen molar-refractivity contribution in [1.29, 1.82) is 0 Å². The maximum Gasteiger partial charge on any atom is 0.315 e. The van der Waals surface area contributed by atoms with Crippen LogP contribution in [0.1, 0.15) is 43.4 Å². The van der Waals surface area contributed by atoms with Crippen LogP contribution in [0, 0.1) is 17.7 Å². The van der Waals surface area contributed by atoms with Gasteiger partial charge >= 0.3 is 6.03 Å². The van der Waals surface area contributed by atoms with Crippen LogP contribution in [-0.4, -0.2) is 6.03 Å². The quantitative estimate of drug-likeness (QED) is 0.260. The topological polar surface area (TPSA) is 56.4 Å². The maximum atomic E-state index is 13.5. The number of carbonyl (C=O) groups is 1. The van der Waals surface area contributed by atoms with E-state index in [0.29, 0.717) is 22.5 Å². The monoisotopic (exact) mass is 588 g/mol. The van der Waals surface area contributed by atoms with Gasteiger partial charge in [0.25, 0.3) is 0 Å². The van der Waals surface area contributed by atoms with Crippen LogP contribution in [0.2, 0.25) is 10.0 Å². The molecule has 8 heteroatoms. The fraction of sp³-hybridized carbons (Fsp3) is 0.242. The van der Waals surface area contributed by atoms with Crippen LogP contribution in [0.15, 0.2) is 107 Å². The highest BCUT2D eigenvalue weighted by molar-refractivity contribution is 6.42. The Hall–Kier alpha value is -3.74. The second-order valence-electron chi connectivity index (χ2n) is 10.8. The molecule has 0 saturated heterocycles. The molecule has 6 rings (SSSR count). The van der Waals surface area contributed by atoms with E-state index >= 15 is 0 Å². The SMILES string of the molecule is C[C@H]1C2=CNN(c3ccc(F)cc3)C2=CC2=C1[C@@H](CC(NC(=O)NCc1ccc(Cl)c(Cl)c1)c1ccccc1)CC2. The van der Waals surface area contributed by atoms with Gasteiger partial charge in [0.1, 0.15) is 5.82 Å². The Bertz CT molecular complexity index is 1550. The van der Waals surface area contributed by atoms with E-state index in [9.17, 15) is 9.18 Å². The third-order valence-corrected chi connectivity index (χ3v) is 8.99. The summed E-state index contributed by atoms with van der Waals surface area (Å²) in [7, 11) is 0. The molecule has 5 nitrogen and oxygen atoms in total. The van der Waals surface area contributed by atoms with Gasteiger partial charge in [0.2, 0.25) is 0 Å². The van der Waals surface area contributed by atoms with Gasteiger partial charge in [0.05, 0.1) is 27.5 Å². The fourth-order valence-electron chi connectivity index (χ4n) is 6.25. The number of halogens is 3. The number of carbonyl (C=O) groups excluding carboxylic acids is 1. The highest BCUT2D eigenvalue weighted by Crippen LogP contribution is 2.49. The molecule has 0 spiro atoms. The van der Waals surface area contributed by atoms with Crippen molar-refractivity contribution in [3.05, 3.63) is 134 Å². The first-order valence-electron chi connectivity index (χ1n) is 13.9. The summed E-state index contributed by atoms with van der Waals surface area (Å²) in [5, 5.41) is 9.18. The minimum absolute atomic E-state index is 0.147. The smallest absolute Gasteiger partial charge is 0.315 e. The summed E-state index contributed by atoms with van der Waals surface area (Å²) < 4.78 is 13.5. The van der Waals surface area contributed by atoms with E-state index in [0.717, 1.165) is 41.8 Å². The lowest BCUT2D eigenvalue weighted by molar-refractivity contribution is 0.234. The van der Waals surface area contributed by atoms with Gasteiger partial charge in [-0.25, -0.2) is 9.18 Å². The number of hydrogen-bond acceptors (Lipinski definition) is 3. The van der Waals surface area contributed by atoms with Gasteiger partial charge in [-0.15, -0.1) is 0 Å². The number of rotatable bonds is 7. The van der Waals surface area contributed by atoms with E-state index in [-0.39, 0.29) is 23.8 Å². The minimum atomic E-state index is -0.250. The highest BCUT2D eigenvalue weighted by atomic mass is 35.5. The molecule has 1 unspecified atom stereocenters. The van der Waals surface area contributed by atoms with Crippen molar-refractivity contribution in [3.63, 3.8) is 0 Å². The molecule has 3 aliphatic rings. The maximum absolute atomic E-state index is 13.5. The number of hydrazine groups is 1. The summed E-state index contributed by atoms with van der Waals surface area (Å²) in [6, 6.07) is 21.7. The summed E-state index contributed by atoms with van der Waals surface area (Å²) in [6.45, 7) is 2.61. The first-order valence-corrected chi connectivity index (χ1v) is 14.6. The number of benzene rings is 3. The molecule has 0 saturated carbocycles. The second-order valence-corrected chi connectivity index (χ2v) is 11.6. The lowest BCUT2D eigenvalue weighted by Crippen LogP contribution is -2.38. The summed E-state index contributed by atoms with van der Waals surface area (Å²) in [6.07, 6.45) is 7.16. The molecule has 3 aromatic rings. The van der Waals surface area contributed by atoms with E-state index in [2.05, 4.69) is 47.4 Å². The third-order valence-electron chi connectivity index (χ3n) is 8.25. The van der Waals surface area contributed by atoms with E-state index in [4.69, 9.17) is 23.2 Å². The Morgan fingerprint density at radius 2 is 1.85 bits per heavy atom. The zero-order valence-electron chi connectivity index (χ0n) is 22.6. The molecule has 0 aromatic heterocycles. The van der Waals surface area contributed by atoms with E-state index in [1.54, 1.807) is 24.3 Å². The zero-order chi connectivity index (χ0) is 28.5. The van der Waals surface area contributed by atoms with Gasteiger partial charge in [-0.3, -0.25) is 5.01 Å². The fourth-order valence-corrected chi connectivity index (χ4v) is 6.57. The molecule has 2 aliphatic carbocycles. The molecule has 1 aliphatic heterocycles. The molecular weight excluding hydrogens is 558 g/mol. The lowest BCUT2D eigenvalue weighted by Gasteiger charge is -2.31. The normalized spacial score (nSPS) is 20.0. The zero-order valence-corrected chi connectivity index (χ0v) is 24.1. The number of allylic oxidation sites excluding steroid dienone is 4. The average Bonchev–Trinajstić information content (AvgIpc) is 3.59. The molecule has 3 atom stereocenters. The van der Waals surface area contributed by atoms with Gasteiger partial charge in [0, 0.05) is 24.2 Å². The number of fused-ring (bicyclic) bond motifs is 1. The van der Waals surface area contributed by atoms with Gasteiger partial charge in [0.15, 0.2) is 0 Å². The summed E-state index contributed by atoms with van der Waals surface area (Å²) in [5.74, 6) is 0.315. The summed E-state index contributed by atoms with van der Waals surface area (Å²) >= 11 is 12.2. The molecule has 0 bridgehead atoms. The van der Waals surface area contributed by atoms with Gasteiger partial charge in [-0.1, -0.05) is 72.1 Å². The van der Waals surface area contributed by atoms with Crippen LogP contribution in [0.25, 0.3) is 0 Å². The van der Waals surface area contributed by atoms with Gasteiger partial charge in [-0.2, -0.15) is 0 Å². The molecule has 0 fully saturated rings. The number of amides is 2. The molecule has 2 amide bonds. The minimum Gasteiger partial charge on any atom is -0.334 e. The number of anilines is 1. The first-order chi connectivity index (χ1) is 19.9. The second kappa shape index (κ2) is 11.6.